The van der Waals surface area contributed by atoms with Gasteiger partial charge >= 0.3 is 5.97 Å². The largest absolute Gasteiger partial charge is 0.494 e. The molecule has 1 aliphatic carbocycles. The molecule has 236 valence electrons. The number of thiophene rings is 1. The van der Waals surface area contributed by atoms with Gasteiger partial charge in [0.1, 0.15) is 23.7 Å². The first-order valence-electron chi connectivity index (χ1n) is 14.4. The molecule has 7 N–H and O–H groups in total. The zero-order valence-corrected chi connectivity index (χ0v) is 25.4. The number of hydrogen-bond acceptors (Lipinski definition) is 8. The molecule has 1 aliphatic heterocycles. The summed E-state index contributed by atoms with van der Waals surface area (Å²) in [7, 11) is 0. The highest BCUT2D eigenvalue weighted by molar-refractivity contribution is 7.10. The Labute approximate surface area is 259 Å². The van der Waals surface area contributed by atoms with Gasteiger partial charge in [-0.2, -0.15) is 0 Å². The number of rotatable bonds is 15. The smallest absolute Gasteiger partial charge is 0.303 e. The molecule has 4 rings (SSSR count). The molecule has 2 fully saturated rings. The molecule has 0 spiro atoms. The first kappa shape index (κ1) is 32.5. The molecule has 1 aromatic carbocycles. The van der Waals surface area contributed by atoms with Crippen LogP contribution in [0.25, 0.3) is 0 Å². The fourth-order valence-corrected chi connectivity index (χ4v) is 6.32. The summed E-state index contributed by atoms with van der Waals surface area (Å²) in [5.74, 6) is -2.56. The predicted octanol–water partition coefficient (Wildman–Crippen LogP) is 1.52. The lowest BCUT2D eigenvalue weighted by Crippen LogP contribution is -2.53. The molecule has 13 nitrogen and oxygen atoms in total. The number of benzene rings is 1. The number of piperidine rings is 1. The molecule has 2 heterocycles. The minimum atomic E-state index is -1.14. The third kappa shape index (κ3) is 8.13. The zero-order chi connectivity index (χ0) is 32.0. The van der Waals surface area contributed by atoms with E-state index in [1.165, 1.54) is 11.3 Å². The second-order valence-electron chi connectivity index (χ2n) is 11.5. The number of nitrogens with one attached hydrogen (secondary N) is 4. The van der Waals surface area contributed by atoms with Crippen LogP contribution < -0.4 is 26.4 Å². The Morgan fingerprint density at radius 1 is 1.16 bits per heavy atom. The van der Waals surface area contributed by atoms with Crippen LogP contribution in [0.3, 0.4) is 0 Å². The molecule has 2 aliphatic rings. The first-order valence-corrected chi connectivity index (χ1v) is 15.3. The topological polar surface area (TPSA) is 204 Å². The second kappa shape index (κ2) is 13.9. The summed E-state index contributed by atoms with van der Waals surface area (Å²) in [6, 6.07) is 8.43. The lowest BCUT2D eigenvalue weighted by molar-refractivity contribution is -0.140. The number of carbonyl (C=O) groups is 5. The summed E-state index contributed by atoms with van der Waals surface area (Å²) in [6.45, 7) is 3.56. The number of nitrogen functional groups attached to an aromatic ring is 1. The van der Waals surface area contributed by atoms with Gasteiger partial charge in [-0.1, -0.05) is 25.1 Å². The highest BCUT2D eigenvalue weighted by Gasteiger charge is 2.64. The maximum absolute atomic E-state index is 13.4. The van der Waals surface area contributed by atoms with Crippen molar-refractivity contribution in [3.05, 3.63) is 52.2 Å². The van der Waals surface area contributed by atoms with E-state index in [1.54, 1.807) is 40.6 Å². The molecular weight excluding hydrogens is 588 g/mol. The molecule has 0 unspecified atom stereocenters. The van der Waals surface area contributed by atoms with Gasteiger partial charge in [-0.15, -0.1) is 11.3 Å². The minimum Gasteiger partial charge on any atom is -0.494 e. The normalized spacial score (nSPS) is 21.4. The number of amides is 4. The number of fused-ring (bicyclic) bond motifs is 1. The highest BCUT2D eigenvalue weighted by atomic mass is 32.1. The second-order valence-corrected chi connectivity index (χ2v) is 12.4. The number of likely N-dealkylation sites (tertiary alicyclic amines) is 1. The van der Waals surface area contributed by atoms with Gasteiger partial charge < -0.3 is 36.4 Å². The summed E-state index contributed by atoms with van der Waals surface area (Å²) in [6.07, 6.45) is 0.647. The lowest BCUT2D eigenvalue weighted by atomic mass is 10.0. The summed E-state index contributed by atoms with van der Waals surface area (Å²) in [5, 5.41) is 26.3. The standard InChI is InChI=1S/C30H38N6O7S/c1-17(22-12-18(16-44-22)27(31)32)34-29(42)21-13-30(2)14-23(30)36(21)25(38)15-33-28(41)20(35-24(37)8-9-26(39)40)10-11-43-19-6-4-3-5-7-19/h3-7,12,16-17,20-21,23H,8-11,13-15H2,1-2H3,(H3,31,32)(H,33,41)(H,34,42)(H,35,37)(H,39,40)/t17-,20+,21+,23+,30-/m1/s1. The maximum Gasteiger partial charge on any atom is 0.303 e. The zero-order valence-electron chi connectivity index (χ0n) is 24.6. The summed E-state index contributed by atoms with van der Waals surface area (Å²) in [5.41, 5.74) is 5.96. The molecule has 1 aromatic heterocycles. The van der Waals surface area contributed by atoms with Crippen LogP contribution in [0.2, 0.25) is 0 Å². The van der Waals surface area contributed by atoms with Crippen LogP contribution in [0.1, 0.15) is 62.4 Å². The Balaban J connectivity index is 1.36. The third-order valence-electron chi connectivity index (χ3n) is 7.99. The minimum absolute atomic E-state index is 0.0561. The summed E-state index contributed by atoms with van der Waals surface area (Å²) in [4.78, 5) is 65.5. The van der Waals surface area contributed by atoms with Crippen LogP contribution in [0.15, 0.2) is 41.8 Å². The fourth-order valence-electron chi connectivity index (χ4n) is 5.41. The van der Waals surface area contributed by atoms with E-state index in [9.17, 15) is 24.0 Å². The Bertz CT molecular complexity index is 1420. The number of carboxylic acid groups (broad SMARTS) is 1. The molecule has 4 amide bonds. The maximum atomic E-state index is 13.4. The monoisotopic (exact) mass is 626 g/mol. The van der Waals surface area contributed by atoms with E-state index in [0.717, 1.165) is 11.3 Å². The number of carboxylic acids is 1. The summed E-state index contributed by atoms with van der Waals surface area (Å²) >= 11 is 1.38. The van der Waals surface area contributed by atoms with E-state index in [4.69, 9.17) is 21.0 Å². The molecular formula is C30H38N6O7S. The van der Waals surface area contributed by atoms with Crippen LogP contribution in [0.5, 0.6) is 5.75 Å². The van der Waals surface area contributed by atoms with Crippen LogP contribution >= 0.6 is 11.3 Å². The lowest BCUT2D eigenvalue weighted by Gasteiger charge is -2.28. The molecule has 1 saturated heterocycles. The number of para-hydroxylation sites is 1. The van der Waals surface area contributed by atoms with Crippen molar-refractivity contribution in [2.45, 2.75) is 70.1 Å². The van der Waals surface area contributed by atoms with Gasteiger partial charge in [0, 0.05) is 34.7 Å². The Morgan fingerprint density at radius 3 is 2.55 bits per heavy atom. The Kier molecular flexibility index (Phi) is 10.2. The fraction of sp³-hybridized carbons (Fsp3) is 0.467. The van der Waals surface area contributed by atoms with Crippen molar-refractivity contribution in [2.24, 2.45) is 11.1 Å². The number of aliphatic carboxylic acids is 1. The molecule has 14 heteroatoms. The Hall–Kier alpha value is -4.46. The van der Waals surface area contributed by atoms with Crippen molar-refractivity contribution in [3.8, 4) is 5.75 Å². The first-order chi connectivity index (χ1) is 20.9. The molecule has 0 radical (unpaired) electrons. The quantitative estimate of drug-likeness (QED) is 0.126. The van der Waals surface area contributed by atoms with Crippen molar-refractivity contribution in [2.75, 3.05) is 13.2 Å². The molecule has 1 saturated carbocycles. The van der Waals surface area contributed by atoms with E-state index in [2.05, 4.69) is 16.0 Å². The van der Waals surface area contributed by atoms with E-state index >= 15 is 0 Å². The molecule has 2 aromatic rings. The van der Waals surface area contributed by atoms with E-state index < -0.39 is 35.8 Å². The summed E-state index contributed by atoms with van der Waals surface area (Å²) < 4.78 is 5.66. The van der Waals surface area contributed by atoms with Crippen molar-refractivity contribution in [1.82, 2.24) is 20.9 Å². The Morgan fingerprint density at radius 2 is 1.89 bits per heavy atom. The van der Waals surface area contributed by atoms with Gasteiger partial charge in [0.25, 0.3) is 0 Å². The number of nitrogens with two attached hydrogens (primary N) is 1. The van der Waals surface area contributed by atoms with E-state index in [0.29, 0.717) is 17.7 Å². The van der Waals surface area contributed by atoms with Gasteiger partial charge in [0.15, 0.2) is 0 Å². The number of amidine groups is 1. The van der Waals surface area contributed by atoms with Crippen LogP contribution in [-0.2, 0) is 24.0 Å². The van der Waals surface area contributed by atoms with Crippen LogP contribution in [-0.4, -0.2) is 76.7 Å². The van der Waals surface area contributed by atoms with Crippen LogP contribution in [0, 0.1) is 10.8 Å². The number of hydrogen-bond donors (Lipinski definition) is 6. The SMILES string of the molecule is C[C@@H](NC(=O)[C@@H]1C[C@]2(C)C[C@@H]2N1C(=O)CNC(=O)[C@H](CCOc1ccccc1)NC(=O)CCC(=O)O)c1cc(C(=N)N)cs1. The molecule has 5 atom stereocenters. The van der Waals surface area contributed by atoms with E-state index in [1.807, 2.05) is 19.9 Å². The highest BCUT2D eigenvalue weighted by Crippen LogP contribution is 2.59. The van der Waals surface area contributed by atoms with Gasteiger partial charge in [-0.3, -0.25) is 29.4 Å². The van der Waals surface area contributed by atoms with Gasteiger partial charge in [-0.25, -0.2) is 0 Å². The van der Waals surface area contributed by atoms with E-state index in [-0.39, 0.29) is 61.7 Å². The average Bonchev–Trinajstić information content (AvgIpc) is 3.30. The van der Waals surface area contributed by atoms with Crippen molar-refractivity contribution in [3.63, 3.8) is 0 Å². The van der Waals surface area contributed by atoms with Crippen molar-refractivity contribution < 1.29 is 33.8 Å². The molecule has 44 heavy (non-hydrogen) atoms. The third-order valence-corrected chi connectivity index (χ3v) is 9.11. The average molecular weight is 627 g/mol. The number of nitrogens with zero attached hydrogens (tertiary/aromatic N) is 1. The number of carbonyl (C=O) groups excluding carboxylic acids is 4. The van der Waals surface area contributed by atoms with Gasteiger partial charge in [0.2, 0.25) is 23.6 Å². The predicted molar refractivity (Wildman–Crippen MR) is 162 cm³/mol. The van der Waals surface area contributed by atoms with Gasteiger partial charge in [-0.05, 0) is 43.4 Å². The van der Waals surface area contributed by atoms with Crippen LogP contribution in [0.4, 0.5) is 0 Å². The molecule has 0 bridgehead atoms. The van der Waals surface area contributed by atoms with Gasteiger partial charge in [0.05, 0.1) is 25.6 Å². The van der Waals surface area contributed by atoms with Crippen molar-refractivity contribution in [1.29, 1.82) is 5.41 Å². The number of ether oxygens (including phenoxy) is 1. The van der Waals surface area contributed by atoms with Crippen molar-refractivity contribution >= 4 is 46.8 Å².